The summed E-state index contributed by atoms with van der Waals surface area (Å²) >= 11 is 0. The van der Waals surface area contributed by atoms with Crippen LogP contribution in [-0.4, -0.2) is 31.7 Å². The number of esters is 1. The molecule has 2 amide bonds. The lowest BCUT2D eigenvalue weighted by atomic mass is 10.1. The van der Waals surface area contributed by atoms with Gasteiger partial charge in [-0.2, -0.15) is 0 Å². The molecule has 0 saturated carbocycles. The van der Waals surface area contributed by atoms with Crippen molar-refractivity contribution in [3.8, 4) is 0 Å². The van der Waals surface area contributed by atoms with Crippen LogP contribution in [0.5, 0.6) is 0 Å². The number of nitrogens with one attached hydrogen (secondary N) is 2. The highest BCUT2D eigenvalue weighted by Crippen LogP contribution is 1.96. The number of hydrogen-bond acceptors (Lipinski definition) is 3. The third-order valence-corrected chi connectivity index (χ3v) is 1.91. The fourth-order valence-corrected chi connectivity index (χ4v) is 0.958. The summed E-state index contributed by atoms with van der Waals surface area (Å²) in [6.45, 7) is 6.35. The summed E-state index contributed by atoms with van der Waals surface area (Å²) in [4.78, 5) is 22.2. The third kappa shape index (κ3) is 6.76. The molecule has 0 spiro atoms. The summed E-state index contributed by atoms with van der Waals surface area (Å²) in [5, 5.41) is 5.15. The molecule has 0 bridgehead atoms. The molecule has 0 fully saturated rings. The van der Waals surface area contributed by atoms with Crippen molar-refractivity contribution in [1.29, 1.82) is 0 Å². The maximum Gasteiger partial charge on any atom is 0.328 e. The summed E-state index contributed by atoms with van der Waals surface area (Å²) in [5.41, 5.74) is 0. The summed E-state index contributed by atoms with van der Waals surface area (Å²) < 4.78 is 4.47. The van der Waals surface area contributed by atoms with Gasteiger partial charge in [0.1, 0.15) is 6.04 Å². The van der Waals surface area contributed by atoms with E-state index in [1.807, 2.05) is 0 Å². The molecule has 0 saturated heterocycles. The molecule has 0 aromatic rings. The molecule has 15 heavy (non-hydrogen) atoms. The van der Waals surface area contributed by atoms with E-state index in [4.69, 9.17) is 0 Å². The fourth-order valence-electron chi connectivity index (χ4n) is 0.958. The average molecular weight is 216 g/mol. The van der Waals surface area contributed by atoms with Crippen LogP contribution in [0.3, 0.4) is 0 Å². The van der Waals surface area contributed by atoms with Crippen molar-refractivity contribution < 1.29 is 14.3 Å². The minimum absolute atomic E-state index is 0.339. The molecule has 5 nitrogen and oxygen atoms in total. The first kappa shape index (κ1) is 13.7. The van der Waals surface area contributed by atoms with Gasteiger partial charge in [0, 0.05) is 6.54 Å². The Morgan fingerprint density at radius 1 is 1.27 bits per heavy atom. The van der Waals surface area contributed by atoms with Crippen LogP contribution >= 0.6 is 0 Å². The van der Waals surface area contributed by atoms with E-state index in [1.165, 1.54) is 7.11 Å². The molecule has 0 aromatic heterocycles. The van der Waals surface area contributed by atoms with Gasteiger partial charge in [0.2, 0.25) is 0 Å². The van der Waals surface area contributed by atoms with Gasteiger partial charge in [-0.3, -0.25) is 0 Å². The SMILES string of the molecule is COC(=O)[C@@H](C)NC(=O)NCCC(C)C. The van der Waals surface area contributed by atoms with E-state index in [2.05, 4.69) is 29.2 Å². The number of ether oxygens (including phenoxy) is 1. The quantitative estimate of drug-likeness (QED) is 0.671. The smallest absolute Gasteiger partial charge is 0.328 e. The van der Waals surface area contributed by atoms with E-state index >= 15 is 0 Å². The number of methoxy groups -OCH3 is 1. The second-order valence-electron chi connectivity index (χ2n) is 3.83. The second kappa shape index (κ2) is 7.09. The molecule has 0 heterocycles. The molecule has 2 N–H and O–H groups in total. The maximum absolute atomic E-state index is 11.2. The summed E-state index contributed by atoms with van der Waals surface area (Å²) in [6.07, 6.45) is 0.917. The van der Waals surface area contributed by atoms with Crippen LogP contribution in [0.2, 0.25) is 0 Å². The van der Waals surface area contributed by atoms with Crippen LogP contribution in [0.1, 0.15) is 27.2 Å². The largest absolute Gasteiger partial charge is 0.467 e. The molecule has 0 aromatic carbocycles. The van der Waals surface area contributed by atoms with Crippen molar-refractivity contribution in [3.63, 3.8) is 0 Å². The van der Waals surface area contributed by atoms with Crippen molar-refractivity contribution in [2.24, 2.45) is 5.92 Å². The minimum atomic E-state index is -0.617. The van der Waals surface area contributed by atoms with Crippen molar-refractivity contribution in [2.45, 2.75) is 33.2 Å². The van der Waals surface area contributed by atoms with Crippen molar-refractivity contribution in [2.75, 3.05) is 13.7 Å². The highest BCUT2D eigenvalue weighted by molar-refractivity contribution is 5.83. The standard InChI is InChI=1S/C10H20N2O3/c1-7(2)5-6-11-10(14)12-8(3)9(13)15-4/h7-8H,5-6H2,1-4H3,(H2,11,12,14)/t8-/m1/s1. The Bertz CT molecular complexity index is 217. The van der Waals surface area contributed by atoms with Crippen LogP contribution in [0.15, 0.2) is 0 Å². The third-order valence-electron chi connectivity index (χ3n) is 1.91. The van der Waals surface area contributed by atoms with Gasteiger partial charge in [0.05, 0.1) is 7.11 Å². The van der Waals surface area contributed by atoms with Gasteiger partial charge in [0.25, 0.3) is 0 Å². The Labute approximate surface area is 90.6 Å². The molecular weight excluding hydrogens is 196 g/mol. The number of urea groups is 1. The minimum Gasteiger partial charge on any atom is -0.467 e. The lowest BCUT2D eigenvalue weighted by Crippen LogP contribution is -2.45. The van der Waals surface area contributed by atoms with E-state index in [0.717, 1.165) is 6.42 Å². The van der Waals surface area contributed by atoms with Crippen LogP contribution in [0, 0.1) is 5.92 Å². The van der Waals surface area contributed by atoms with Gasteiger partial charge < -0.3 is 15.4 Å². The van der Waals surface area contributed by atoms with Gasteiger partial charge >= 0.3 is 12.0 Å². The Morgan fingerprint density at radius 3 is 2.33 bits per heavy atom. The molecule has 1 atom stereocenters. The van der Waals surface area contributed by atoms with E-state index < -0.39 is 12.0 Å². The number of rotatable bonds is 5. The predicted octanol–water partition coefficient (Wildman–Crippen LogP) is 0.893. The van der Waals surface area contributed by atoms with Gasteiger partial charge in [-0.05, 0) is 19.3 Å². The zero-order valence-electron chi connectivity index (χ0n) is 9.79. The summed E-state index contributed by atoms with van der Waals surface area (Å²) in [6, 6.07) is -0.956. The summed E-state index contributed by atoms with van der Waals surface area (Å²) in [7, 11) is 1.29. The number of carbonyl (C=O) groups is 2. The monoisotopic (exact) mass is 216 g/mol. The van der Waals surface area contributed by atoms with Crippen LogP contribution in [0.4, 0.5) is 4.79 Å². The molecule has 0 aliphatic carbocycles. The number of carbonyl (C=O) groups excluding carboxylic acids is 2. The molecule has 0 unspecified atom stereocenters. The van der Waals surface area contributed by atoms with Gasteiger partial charge in [-0.1, -0.05) is 13.8 Å². The molecule has 88 valence electrons. The molecule has 0 rings (SSSR count). The van der Waals surface area contributed by atoms with Crippen LogP contribution in [0.25, 0.3) is 0 Å². The van der Waals surface area contributed by atoms with E-state index in [0.29, 0.717) is 12.5 Å². The first-order valence-electron chi connectivity index (χ1n) is 5.09. The van der Waals surface area contributed by atoms with Crippen molar-refractivity contribution >= 4 is 12.0 Å². The normalized spacial score (nSPS) is 12.1. The highest BCUT2D eigenvalue weighted by Gasteiger charge is 2.14. The molecule has 0 radical (unpaired) electrons. The Morgan fingerprint density at radius 2 is 1.87 bits per heavy atom. The topological polar surface area (TPSA) is 67.4 Å². The zero-order chi connectivity index (χ0) is 11.8. The predicted molar refractivity (Wildman–Crippen MR) is 57.5 cm³/mol. The van der Waals surface area contributed by atoms with E-state index in [-0.39, 0.29) is 6.03 Å². The molecular formula is C10H20N2O3. The van der Waals surface area contributed by atoms with Crippen molar-refractivity contribution in [1.82, 2.24) is 10.6 Å². The number of amides is 2. The average Bonchev–Trinajstić information content (AvgIpc) is 2.15. The van der Waals surface area contributed by atoms with E-state index in [9.17, 15) is 9.59 Å². The zero-order valence-corrected chi connectivity index (χ0v) is 9.79. The summed E-state index contributed by atoms with van der Waals surface area (Å²) in [5.74, 6) is 0.0948. The fraction of sp³-hybridized carbons (Fsp3) is 0.800. The Balaban J connectivity index is 3.69. The van der Waals surface area contributed by atoms with Crippen molar-refractivity contribution in [3.05, 3.63) is 0 Å². The van der Waals surface area contributed by atoms with Crippen LogP contribution < -0.4 is 10.6 Å². The maximum atomic E-state index is 11.2. The second-order valence-corrected chi connectivity index (χ2v) is 3.83. The first-order chi connectivity index (χ1) is 6.97. The van der Waals surface area contributed by atoms with Gasteiger partial charge in [0.15, 0.2) is 0 Å². The Hall–Kier alpha value is -1.26. The number of hydrogen-bond donors (Lipinski definition) is 2. The Kier molecular flexibility index (Phi) is 6.49. The molecule has 0 aliphatic rings. The highest BCUT2D eigenvalue weighted by atomic mass is 16.5. The molecule has 5 heteroatoms. The lowest BCUT2D eigenvalue weighted by molar-refractivity contribution is -0.142. The lowest BCUT2D eigenvalue weighted by Gasteiger charge is -2.12. The van der Waals surface area contributed by atoms with Gasteiger partial charge in [-0.25, -0.2) is 9.59 Å². The van der Waals surface area contributed by atoms with Crippen LogP contribution in [-0.2, 0) is 9.53 Å². The molecule has 0 aliphatic heterocycles. The van der Waals surface area contributed by atoms with E-state index in [1.54, 1.807) is 6.92 Å². The first-order valence-corrected chi connectivity index (χ1v) is 5.09. The van der Waals surface area contributed by atoms with Gasteiger partial charge in [-0.15, -0.1) is 0 Å².